The van der Waals surface area contributed by atoms with Crippen LogP contribution in [0, 0.1) is 11.6 Å². The first kappa shape index (κ1) is 24.0. The van der Waals surface area contributed by atoms with Crippen molar-refractivity contribution >= 4 is 29.1 Å². The van der Waals surface area contributed by atoms with Crippen LogP contribution >= 0.6 is 0 Å². The van der Waals surface area contributed by atoms with Gasteiger partial charge in [0.2, 0.25) is 5.91 Å². The van der Waals surface area contributed by atoms with Crippen LogP contribution in [0.5, 0.6) is 0 Å². The van der Waals surface area contributed by atoms with E-state index in [0.717, 1.165) is 17.0 Å². The molecular weight excluding hydrogens is 456 g/mol. The molecule has 3 amide bonds. The number of nitrogens with one attached hydrogen (secondary N) is 1. The number of nitrogen functional groups attached to an aromatic ring is 1. The molecular formula is C26H23F2N3O4. The Kier molecular flexibility index (Phi) is 6.36. The SMILES string of the molecule is CC1C(=O)N(C(=O)[C@H](C)NC(=O)C(O)c2cc(F)ccc2F)c2cccc(N)c2-c2ccccc21. The summed E-state index contributed by atoms with van der Waals surface area (Å²) in [4.78, 5) is 40.5. The molecule has 2 unspecified atom stereocenters. The lowest BCUT2D eigenvalue weighted by atomic mass is 9.92. The van der Waals surface area contributed by atoms with Crippen molar-refractivity contribution < 1.29 is 28.3 Å². The maximum absolute atomic E-state index is 14.0. The topological polar surface area (TPSA) is 113 Å². The lowest BCUT2D eigenvalue weighted by molar-refractivity contribution is -0.135. The van der Waals surface area contributed by atoms with E-state index in [-0.39, 0.29) is 5.69 Å². The average Bonchev–Trinajstić information content (AvgIpc) is 2.93. The number of imide groups is 1. The average molecular weight is 479 g/mol. The summed E-state index contributed by atoms with van der Waals surface area (Å²) < 4.78 is 27.5. The van der Waals surface area contributed by atoms with Gasteiger partial charge in [0.05, 0.1) is 11.6 Å². The van der Waals surface area contributed by atoms with E-state index in [1.807, 2.05) is 6.07 Å². The lowest BCUT2D eigenvalue weighted by Gasteiger charge is -2.27. The second-order valence-electron chi connectivity index (χ2n) is 8.36. The Balaban J connectivity index is 1.67. The van der Waals surface area contributed by atoms with Crippen molar-refractivity contribution in [3.63, 3.8) is 0 Å². The van der Waals surface area contributed by atoms with Crippen LogP contribution in [0.1, 0.15) is 37.0 Å². The van der Waals surface area contributed by atoms with E-state index in [4.69, 9.17) is 5.73 Å². The van der Waals surface area contributed by atoms with Crippen LogP contribution < -0.4 is 16.0 Å². The van der Waals surface area contributed by atoms with Crippen molar-refractivity contribution in [1.82, 2.24) is 5.32 Å². The number of benzene rings is 3. The first-order valence-corrected chi connectivity index (χ1v) is 10.9. The van der Waals surface area contributed by atoms with Crippen LogP contribution in [0.3, 0.4) is 0 Å². The van der Waals surface area contributed by atoms with E-state index in [1.54, 1.807) is 43.3 Å². The maximum Gasteiger partial charge on any atom is 0.256 e. The number of aliphatic hydroxyl groups excluding tert-OH is 1. The van der Waals surface area contributed by atoms with Crippen molar-refractivity contribution in [3.05, 3.63) is 83.4 Å². The molecule has 0 saturated heterocycles. The number of aliphatic hydroxyl groups is 1. The summed E-state index contributed by atoms with van der Waals surface area (Å²) in [7, 11) is 0. The highest BCUT2D eigenvalue weighted by Gasteiger charge is 2.38. The second-order valence-corrected chi connectivity index (χ2v) is 8.36. The molecule has 9 heteroatoms. The third-order valence-electron chi connectivity index (χ3n) is 6.05. The normalized spacial score (nSPS) is 16.5. The number of anilines is 2. The third kappa shape index (κ3) is 4.26. The number of amides is 3. The minimum Gasteiger partial charge on any atom is -0.398 e. The van der Waals surface area contributed by atoms with E-state index >= 15 is 0 Å². The molecule has 180 valence electrons. The van der Waals surface area contributed by atoms with Gasteiger partial charge in [-0.25, -0.2) is 13.7 Å². The Morgan fingerprint density at radius 3 is 2.54 bits per heavy atom. The van der Waals surface area contributed by atoms with Gasteiger partial charge in [-0.2, -0.15) is 0 Å². The van der Waals surface area contributed by atoms with Gasteiger partial charge >= 0.3 is 0 Å². The van der Waals surface area contributed by atoms with Crippen molar-refractivity contribution in [2.45, 2.75) is 31.9 Å². The van der Waals surface area contributed by atoms with E-state index in [2.05, 4.69) is 5.32 Å². The molecule has 3 atom stereocenters. The first-order valence-electron chi connectivity index (χ1n) is 10.9. The molecule has 35 heavy (non-hydrogen) atoms. The van der Waals surface area contributed by atoms with Gasteiger partial charge in [-0.15, -0.1) is 0 Å². The van der Waals surface area contributed by atoms with Crippen LogP contribution in [-0.2, 0) is 14.4 Å². The number of carbonyl (C=O) groups is 3. The largest absolute Gasteiger partial charge is 0.398 e. The van der Waals surface area contributed by atoms with E-state index in [9.17, 15) is 28.3 Å². The Morgan fingerprint density at radius 1 is 1.09 bits per heavy atom. The molecule has 0 aliphatic carbocycles. The van der Waals surface area contributed by atoms with Gasteiger partial charge in [0, 0.05) is 16.8 Å². The number of hydrogen-bond acceptors (Lipinski definition) is 5. The summed E-state index contributed by atoms with van der Waals surface area (Å²) in [6.45, 7) is 3.00. The van der Waals surface area contributed by atoms with Crippen LogP contribution in [0.15, 0.2) is 60.7 Å². The molecule has 7 nitrogen and oxygen atoms in total. The van der Waals surface area contributed by atoms with Crippen molar-refractivity contribution in [2.75, 3.05) is 10.6 Å². The van der Waals surface area contributed by atoms with E-state index in [1.165, 1.54) is 6.92 Å². The monoisotopic (exact) mass is 479 g/mol. The summed E-state index contributed by atoms with van der Waals surface area (Å²) in [6, 6.07) is 13.1. The zero-order valence-corrected chi connectivity index (χ0v) is 19.0. The Hall–Kier alpha value is -4.11. The molecule has 3 aromatic carbocycles. The number of nitrogens with two attached hydrogens (primary N) is 1. The molecule has 4 N–H and O–H groups in total. The van der Waals surface area contributed by atoms with E-state index in [0.29, 0.717) is 28.4 Å². The molecule has 0 spiro atoms. The first-order chi connectivity index (χ1) is 16.6. The van der Waals surface area contributed by atoms with Crippen LogP contribution in [-0.4, -0.2) is 28.9 Å². The molecule has 0 bridgehead atoms. The van der Waals surface area contributed by atoms with Gasteiger partial charge < -0.3 is 16.2 Å². The molecule has 4 rings (SSSR count). The summed E-state index contributed by atoms with van der Waals surface area (Å²) in [5.74, 6) is -4.94. The van der Waals surface area contributed by atoms with Gasteiger partial charge in [0.25, 0.3) is 11.8 Å². The standard InChI is InChI=1S/C26H23F2N3O4/c1-13-16-6-3-4-7-17(16)22-20(29)8-5-9-21(22)31(25(13)34)26(35)14(2)30-24(33)23(32)18-12-15(27)10-11-19(18)28/h3-14,23,32H,29H2,1-2H3,(H,30,33)/t13?,14-,23?/m0/s1. The van der Waals surface area contributed by atoms with Crippen molar-refractivity contribution in [2.24, 2.45) is 0 Å². The number of carbonyl (C=O) groups excluding carboxylic acids is 3. The van der Waals surface area contributed by atoms with Crippen molar-refractivity contribution in [1.29, 1.82) is 0 Å². The molecule has 1 heterocycles. The smallest absolute Gasteiger partial charge is 0.256 e. The zero-order chi connectivity index (χ0) is 25.4. The molecule has 1 aliphatic rings. The number of fused-ring (bicyclic) bond motifs is 3. The minimum atomic E-state index is -2.06. The van der Waals surface area contributed by atoms with Crippen molar-refractivity contribution in [3.8, 4) is 11.1 Å². The molecule has 0 saturated carbocycles. The van der Waals surface area contributed by atoms with Gasteiger partial charge in [0.15, 0.2) is 6.10 Å². The van der Waals surface area contributed by atoms with Crippen LogP contribution in [0.2, 0.25) is 0 Å². The van der Waals surface area contributed by atoms with Crippen LogP contribution in [0.4, 0.5) is 20.2 Å². The fourth-order valence-corrected chi connectivity index (χ4v) is 4.23. The number of nitrogens with zero attached hydrogens (tertiary/aromatic N) is 1. The van der Waals surface area contributed by atoms with Gasteiger partial charge in [-0.3, -0.25) is 14.4 Å². The Morgan fingerprint density at radius 2 is 1.80 bits per heavy atom. The fourth-order valence-electron chi connectivity index (χ4n) is 4.23. The highest BCUT2D eigenvalue weighted by Crippen LogP contribution is 2.44. The fraction of sp³-hybridized carbons (Fsp3) is 0.192. The third-order valence-corrected chi connectivity index (χ3v) is 6.05. The maximum atomic E-state index is 14.0. The quantitative estimate of drug-likeness (QED) is 0.497. The molecule has 0 radical (unpaired) electrons. The highest BCUT2D eigenvalue weighted by atomic mass is 19.1. The lowest BCUT2D eigenvalue weighted by Crippen LogP contribution is -2.51. The van der Waals surface area contributed by atoms with Crippen LogP contribution in [0.25, 0.3) is 11.1 Å². The van der Waals surface area contributed by atoms with Gasteiger partial charge in [-0.1, -0.05) is 30.3 Å². The predicted molar refractivity (Wildman–Crippen MR) is 126 cm³/mol. The summed E-state index contributed by atoms with van der Waals surface area (Å²) in [5, 5.41) is 12.6. The summed E-state index contributed by atoms with van der Waals surface area (Å²) in [5.41, 5.74) is 8.21. The molecule has 0 aromatic heterocycles. The molecule has 3 aromatic rings. The molecule has 1 aliphatic heterocycles. The summed E-state index contributed by atoms with van der Waals surface area (Å²) >= 11 is 0. The highest BCUT2D eigenvalue weighted by molar-refractivity contribution is 6.22. The van der Waals surface area contributed by atoms with E-state index < -0.39 is 53.0 Å². The van der Waals surface area contributed by atoms with Gasteiger partial charge in [-0.05, 0) is 55.3 Å². The van der Waals surface area contributed by atoms with Gasteiger partial charge in [0.1, 0.15) is 17.7 Å². The number of halogens is 2. The summed E-state index contributed by atoms with van der Waals surface area (Å²) in [6.07, 6.45) is -2.06. The minimum absolute atomic E-state index is 0.259. The Labute approximate surface area is 200 Å². The zero-order valence-electron chi connectivity index (χ0n) is 19.0. The second kappa shape index (κ2) is 9.27. The number of rotatable bonds is 4. The molecule has 0 fully saturated rings. The predicted octanol–water partition coefficient (Wildman–Crippen LogP) is 3.43. The number of hydrogen-bond donors (Lipinski definition) is 3. The Bertz CT molecular complexity index is 1340.